The summed E-state index contributed by atoms with van der Waals surface area (Å²) in [6, 6.07) is 9.55. The average molecular weight is 520 g/mol. The van der Waals surface area contributed by atoms with E-state index in [0.717, 1.165) is 12.0 Å². The SMILES string of the molecule is CCCCCCCCCCCCCC[C@@H]1CC12[C@@H]([C@H]1COS(=O)(=O)N1Cc1ccccc1)OC2(C)C. The second-order valence-corrected chi connectivity index (χ2v) is 13.6. The number of ether oxygens (including phenoxy) is 1. The molecule has 36 heavy (non-hydrogen) atoms. The van der Waals surface area contributed by atoms with Gasteiger partial charge in [-0.25, -0.2) is 0 Å². The zero-order chi connectivity index (χ0) is 25.7. The summed E-state index contributed by atoms with van der Waals surface area (Å²) in [6.07, 6.45) is 18.8. The number of hydrogen-bond acceptors (Lipinski definition) is 4. The lowest BCUT2D eigenvalue weighted by molar-refractivity contribution is -0.280. The molecule has 5 nitrogen and oxygen atoms in total. The van der Waals surface area contributed by atoms with E-state index in [9.17, 15) is 8.42 Å². The van der Waals surface area contributed by atoms with E-state index in [2.05, 4.69) is 20.8 Å². The van der Waals surface area contributed by atoms with E-state index in [1.807, 2.05) is 30.3 Å². The molecule has 0 bridgehead atoms. The van der Waals surface area contributed by atoms with Crippen molar-refractivity contribution in [2.24, 2.45) is 11.3 Å². The average Bonchev–Trinajstić information content (AvgIpc) is 3.55. The molecule has 1 aromatic rings. The highest BCUT2D eigenvalue weighted by Crippen LogP contribution is 2.73. The largest absolute Gasteiger partial charge is 0.369 e. The fourth-order valence-electron chi connectivity index (χ4n) is 6.94. The topological polar surface area (TPSA) is 55.8 Å². The Balaban J connectivity index is 1.20. The van der Waals surface area contributed by atoms with E-state index < -0.39 is 10.3 Å². The highest BCUT2D eigenvalue weighted by molar-refractivity contribution is 7.84. The molecule has 4 atom stereocenters. The molecule has 3 aliphatic rings. The van der Waals surface area contributed by atoms with Crippen LogP contribution in [0.1, 0.15) is 116 Å². The molecule has 1 aromatic carbocycles. The first kappa shape index (κ1) is 28.1. The molecule has 2 heterocycles. The third-order valence-corrected chi connectivity index (χ3v) is 10.6. The molecular formula is C30H49NO4S. The number of benzene rings is 1. The van der Waals surface area contributed by atoms with Gasteiger partial charge in [0.05, 0.1) is 24.4 Å². The lowest BCUT2D eigenvalue weighted by Crippen LogP contribution is -2.66. The van der Waals surface area contributed by atoms with Crippen LogP contribution in [0.4, 0.5) is 0 Å². The molecule has 0 N–H and O–H groups in total. The van der Waals surface area contributed by atoms with Crippen molar-refractivity contribution in [3.8, 4) is 0 Å². The lowest BCUT2D eigenvalue weighted by atomic mass is 9.70. The Morgan fingerprint density at radius 1 is 0.889 bits per heavy atom. The molecule has 204 valence electrons. The van der Waals surface area contributed by atoms with Gasteiger partial charge in [-0.1, -0.05) is 114 Å². The summed E-state index contributed by atoms with van der Waals surface area (Å²) in [5, 5.41) is 0. The maximum Gasteiger partial charge on any atom is 0.339 e. The van der Waals surface area contributed by atoms with Crippen molar-refractivity contribution in [3.63, 3.8) is 0 Å². The van der Waals surface area contributed by atoms with Gasteiger partial charge in [0.25, 0.3) is 0 Å². The summed E-state index contributed by atoms with van der Waals surface area (Å²) < 4.78 is 38.7. The van der Waals surface area contributed by atoms with Crippen LogP contribution in [-0.4, -0.2) is 37.1 Å². The normalized spacial score (nSPS) is 30.5. The summed E-state index contributed by atoms with van der Waals surface area (Å²) in [5.41, 5.74) is 0.880. The standard InChI is InChI=1S/C30H49NO4S/c1-4-5-6-7-8-9-10-11-12-13-14-18-21-26-22-30(26)28(35-29(30,2)3)27-24-34-36(32,33)31(27)23-25-19-16-15-17-20-25/h15-17,19-20,26-28H,4-14,18,21-24H2,1-3H3/t26-,27-,28-,30?/m1/s1. The number of unbranched alkanes of at least 4 members (excludes halogenated alkanes) is 11. The zero-order valence-corrected chi connectivity index (χ0v) is 23.7. The summed E-state index contributed by atoms with van der Waals surface area (Å²) in [7, 11) is -3.72. The van der Waals surface area contributed by atoms with Crippen LogP contribution in [0.2, 0.25) is 0 Å². The van der Waals surface area contributed by atoms with Gasteiger partial charge in [0.1, 0.15) is 0 Å². The molecule has 4 rings (SSSR count). The van der Waals surface area contributed by atoms with Gasteiger partial charge in [-0.05, 0) is 38.2 Å². The van der Waals surface area contributed by atoms with Crippen molar-refractivity contribution in [2.45, 2.75) is 135 Å². The molecule has 2 aliphatic heterocycles. The number of rotatable bonds is 16. The third kappa shape index (κ3) is 6.19. The first-order valence-corrected chi connectivity index (χ1v) is 16.1. The summed E-state index contributed by atoms with van der Waals surface area (Å²) in [6.45, 7) is 7.20. The van der Waals surface area contributed by atoms with E-state index in [1.165, 1.54) is 83.5 Å². The van der Waals surface area contributed by atoms with Crippen molar-refractivity contribution in [2.75, 3.05) is 6.61 Å². The Kier molecular flexibility index (Phi) is 9.57. The van der Waals surface area contributed by atoms with Gasteiger partial charge in [0.2, 0.25) is 0 Å². The summed E-state index contributed by atoms with van der Waals surface area (Å²) in [5.74, 6) is 0.635. The van der Waals surface area contributed by atoms with Gasteiger partial charge < -0.3 is 4.74 Å². The van der Waals surface area contributed by atoms with Crippen molar-refractivity contribution in [1.82, 2.24) is 4.31 Å². The molecule has 3 fully saturated rings. The first-order chi connectivity index (χ1) is 17.3. The Hall–Kier alpha value is -0.950. The zero-order valence-electron chi connectivity index (χ0n) is 22.9. The molecule has 2 saturated heterocycles. The Morgan fingerprint density at radius 2 is 1.47 bits per heavy atom. The first-order valence-electron chi connectivity index (χ1n) is 14.7. The van der Waals surface area contributed by atoms with Crippen LogP contribution < -0.4 is 0 Å². The van der Waals surface area contributed by atoms with E-state index in [1.54, 1.807) is 4.31 Å². The van der Waals surface area contributed by atoms with Gasteiger partial charge in [-0.15, -0.1) is 0 Å². The Morgan fingerprint density at radius 3 is 2.06 bits per heavy atom. The quantitative estimate of drug-likeness (QED) is 0.213. The van der Waals surface area contributed by atoms with Crippen LogP contribution in [0.25, 0.3) is 0 Å². The van der Waals surface area contributed by atoms with Crippen molar-refractivity contribution >= 4 is 10.3 Å². The number of hydrogen-bond donors (Lipinski definition) is 0. The molecule has 1 aliphatic carbocycles. The smallest absolute Gasteiger partial charge is 0.339 e. The molecule has 0 radical (unpaired) electrons. The van der Waals surface area contributed by atoms with Crippen molar-refractivity contribution in [3.05, 3.63) is 35.9 Å². The van der Waals surface area contributed by atoms with Crippen LogP contribution in [-0.2, 0) is 25.8 Å². The van der Waals surface area contributed by atoms with Gasteiger partial charge >= 0.3 is 10.3 Å². The monoisotopic (exact) mass is 519 g/mol. The van der Waals surface area contributed by atoms with Crippen LogP contribution in [0.15, 0.2) is 30.3 Å². The molecule has 1 unspecified atom stereocenters. The molecule has 1 spiro atoms. The van der Waals surface area contributed by atoms with E-state index in [4.69, 9.17) is 8.92 Å². The van der Waals surface area contributed by atoms with Gasteiger partial charge in [0, 0.05) is 12.0 Å². The fraction of sp³-hybridized carbons (Fsp3) is 0.800. The molecule has 1 saturated carbocycles. The minimum absolute atomic E-state index is 0.0733. The maximum atomic E-state index is 12.7. The minimum Gasteiger partial charge on any atom is -0.369 e. The van der Waals surface area contributed by atoms with Gasteiger partial charge in [-0.2, -0.15) is 12.7 Å². The second-order valence-electron chi connectivity index (χ2n) is 12.0. The highest BCUT2D eigenvalue weighted by Gasteiger charge is 2.77. The predicted molar refractivity (Wildman–Crippen MR) is 146 cm³/mol. The molecule has 0 aromatic heterocycles. The maximum absolute atomic E-state index is 12.7. The van der Waals surface area contributed by atoms with E-state index in [0.29, 0.717) is 12.5 Å². The third-order valence-electron chi connectivity index (χ3n) is 9.18. The van der Waals surface area contributed by atoms with Crippen molar-refractivity contribution < 1.29 is 17.3 Å². The van der Waals surface area contributed by atoms with Gasteiger partial charge in [-0.3, -0.25) is 4.18 Å². The second kappa shape index (κ2) is 12.3. The van der Waals surface area contributed by atoms with E-state index >= 15 is 0 Å². The molecule has 6 heteroatoms. The van der Waals surface area contributed by atoms with Crippen molar-refractivity contribution in [1.29, 1.82) is 0 Å². The Labute approximate surface area is 220 Å². The van der Waals surface area contributed by atoms with Crippen LogP contribution in [0, 0.1) is 11.3 Å². The summed E-state index contributed by atoms with van der Waals surface area (Å²) >= 11 is 0. The highest BCUT2D eigenvalue weighted by atomic mass is 32.2. The fourth-order valence-corrected chi connectivity index (χ4v) is 8.19. The van der Waals surface area contributed by atoms with Crippen LogP contribution >= 0.6 is 0 Å². The predicted octanol–water partition coefficient (Wildman–Crippen LogP) is 7.41. The molecular weight excluding hydrogens is 470 g/mol. The molecule has 0 amide bonds. The minimum atomic E-state index is -3.72. The van der Waals surface area contributed by atoms with E-state index in [-0.39, 0.29) is 29.8 Å². The Bertz CT molecular complexity index is 918. The van der Waals surface area contributed by atoms with Crippen LogP contribution in [0.5, 0.6) is 0 Å². The van der Waals surface area contributed by atoms with Crippen LogP contribution in [0.3, 0.4) is 0 Å². The summed E-state index contributed by atoms with van der Waals surface area (Å²) in [4.78, 5) is 0. The number of nitrogens with zero attached hydrogens (tertiary/aromatic N) is 1. The lowest BCUT2D eigenvalue weighted by Gasteiger charge is -2.56. The van der Waals surface area contributed by atoms with Gasteiger partial charge in [0.15, 0.2) is 0 Å².